The lowest BCUT2D eigenvalue weighted by atomic mass is 9.45. The van der Waals surface area contributed by atoms with Gasteiger partial charge in [-0.2, -0.15) is 0 Å². The molecule has 6 aliphatic rings. The van der Waals surface area contributed by atoms with E-state index in [-0.39, 0.29) is 35.0 Å². The van der Waals surface area contributed by atoms with Crippen molar-refractivity contribution >= 4 is 23.1 Å². The molecule has 0 aliphatic heterocycles. The largest absolute Gasteiger partial charge is 0.496 e. The van der Waals surface area contributed by atoms with E-state index in [4.69, 9.17) is 14.2 Å². The van der Waals surface area contributed by atoms with Gasteiger partial charge in [0.15, 0.2) is 23.1 Å². The molecule has 202 valence electrons. The quantitative estimate of drug-likeness (QED) is 0.517. The predicted molar refractivity (Wildman–Crippen MR) is 140 cm³/mol. The van der Waals surface area contributed by atoms with Crippen LogP contribution in [0.3, 0.4) is 0 Å². The zero-order valence-corrected chi connectivity index (χ0v) is 22.6. The molecule has 0 amide bonds. The molecule has 1 aromatic rings. The first-order chi connectivity index (χ1) is 18.7. The Hall–Kier alpha value is -3.48. The molecule has 3 fully saturated rings. The number of hydrogen-bond acceptors (Lipinski definition) is 7. The lowest BCUT2D eigenvalue weighted by molar-refractivity contribution is -0.144. The van der Waals surface area contributed by atoms with Crippen LogP contribution in [-0.2, 0) is 25.6 Å². The molecule has 7 heteroatoms. The summed E-state index contributed by atoms with van der Waals surface area (Å²) in [5.74, 6) is -0.0284. The van der Waals surface area contributed by atoms with Crippen molar-refractivity contribution in [3.63, 3.8) is 0 Å². The summed E-state index contributed by atoms with van der Waals surface area (Å²) in [5, 5.41) is 0. The van der Waals surface area contributed by atoms with Gasteiger partial charge in [-0.05, 0) is 61.3 Å². The van der Waals surface area contributed by atoms with Gasteiger partial charge in [0.05, 0.1) is 21.3 Å². The summed E-state index contributed by atoms with van der Waals surface area (Å²) in [4.78, 5) is 53.8. The molecule has 1 unspecified atom stereocenters. The molecule has 0 N–H and O–H groups in total. The lowest BCUT2D eigenvalue weighted by Gasteiger charge is -2.55. The lowest BCUT2D eigenvalue weighted by Crippen LogP contribution is -2.57. The molecule has 7 rings (SSSR count). The summed E-state index contributed by atoms with van der Waals surface area (Å²) in [6.07, 6.45) is 10.5. The topological polar surface area (TPSA) is 96.0 Å². The standard InChI is InChI=1S/C32H32O7/c1-30-15-31(29-22(36)8-7-21(35)28(29)30,10-9-18-23(38-3)12-17(37-2)13-24(18)39-4)25-11-16-14-32(25,30)27-20(34)6-5-19(33)26(16)27/h5-8,11-13,16,26-29H,9-10,14-15H2,1-4H3/t16-,26+,27?,28-,29+,30+,31+,32+/m0/s1. The van der Waals surface area contributed by atoms with Crippen molar-refractivity contribution in [3.8, 4) is 17.2 Å². The average Bonchev–Trinajstić information content (AvgIpc) is 3.63. The fourth-order valence-corrected chi connectivity index (χ4v) is 10.3. The Balaban J connectivity index is 1.39. The van der Waals surface area contributed by atoms with Crippen molar-refractivity contribution in [3.05, 3.63) is 53.6 Å². The maximum Gasteiger partial charge on any atom is 0.160 e. The normalized spacial score (nSPS) is 40.5. The molecule has 0 radical (unpaired) electrons. The molecule has 39 heavy (non-hydrogen) atoms. The van der Waals surface area contributed by atoms with Crippen LogP contribution in [0.5, 0.6) is 17.2 Å². The van der Waals surface area contributed by atoms with Gasteiger partial charge in [-0.15, -0.1) is 0 Å². The minimum Gasteiger partial charge on any atom is -0.496 e. The van der Waals surface area contributed by atoms with Gasteiger partial charge in [0.1, 0.15) is 17.2 Å². The molecule has 0 saturated heterocycles. The highest BCUT2D eigenvalue weighted by molar-refractivity contribution is 6.11. The Bertz CT molecular complexity index is 1440. The van der Waals surface area contributed by atoms with Crippen molar-refractivity contribution < 1.29 is 33.4 Å². The number of allylic oxidation sites excluding steroid dienone is 6. The highest BCUT2D eigenvalue weighted by Gasteiger charge is 2.84. The van der Waals surface area contributed by atoms with Crippen LogP contribution in [0.2, 0.25) is 0 Å². The van der Waals surface area contributed by atoms with Crippen LogP contribution in [0.1, 0.15) is 31.7 Å². The maximum atomic E-state index is 13.6. The van der Waals surface area contributed by atoms with E-state index >= 15 is 0 Å². The first kappa shape index (κ1) is 24.6. The second-order valence-electron chi connectivity index (χ2n) is 12.4. The van der Waals surface area contributed by atoms with Gasteiger partial charge in [-0.1, -0.05) is 18.6 Å². The van der Waals surface area contributed by atoms with E-state index in [9.17, 15) is 19.2 Å². The van der Waals surface area contributed by atoms with Crippen LogP contribution in [-0.4, -0.2) is 44.5 Å². The van der Waals surface area contributed by atoms with Crippen LogP contribution in [0, 0.1) is 45.8 Å². The number of ketones is 4. The fraction of sp³-hybridized carbons (Fsp3) is 0.500. The van der Waals surface area contributed by atoms with Gasteiger partial charge in [0.25, 0.3) is 0 Å². The number of rotatable bonds is 6. The maximum absolute atomic E-state index is 13.6. The van der Waals surface area contributed by atoms with Crippen LogP contribution in [0.15, 0.2) is 48.1 Å². The van der Waals surface area contributed by atoms with Crippen molar-refractivity contribution in [1.29, 1.82) is 0 Å². The van der Waals surface area contributed by atoms with Gasteiger partial charge >= 0.3 is 0 Å². The Morgan fingerprint density at radius 2 is 1.38 bits per heavy atom. The second kappa shape index (κ2) is 7.80. The molecule has 0 heterocycles. The molecule has 0 aromatic heterocycles. The van der Waals surface area contributed by atoms with E-state index in [1.54, 1.807) is 21.3 Å². The third-order valence-corrected chi connectivity index (χ3v) is 11.3. The third kappa shape index (κ3) is 2.69. The van der Waals surface area contributed by atoms with E-state index in [2.05, 4.69) is 13.0 Å². The van der Waals surface area contributed by atoms with Crippen molar-refractivity contribution in [2.75, 3.05) is 21.3 Å². The Labute approximate surface area is 227 Å². The van der Waals surface area contributed by atoms with E-state index in [0.717, 1.165) is 11.1 Å². The van der Waals surface area contributed by atoms with Crippen molar-refractivity contribution in [2.24, 2.45) is 45.8 Å². The molecule has 6 aliphatic carbocycles. The molecule has 3 saturated carbocycles. The molecule has 8 atom stereocenters. The Morgan fingerprint density at radius 1 is 0.795 bits per heavy atom. The summed E-state index contributed by atoms with van der Waals surface area (Å²) in [5.41, 5.74) is 0.252. The summed E-state index contributed by atoms with van der Waals surface area (Å²) < 4.78 is 16.9. The molecule has 7 nitrogen and oxygen atoms in total. The van der Waals surface area contributed by atoms with E-state index < -0.39 is 34.0 Å². The predicted octanol–water partition coefficient (Wildman–Crippen LogP) is 3.88. The zero-order chi connectivity index (χ0) is 27.5. The minimum absolute atomic E-state index is 0.00685. The minimum atomic E-state index is -0.593. The van der Waals surface area contributed by atoms with Gasteiger partial charge in [-0.25, -0.2) is 0 Å². The van der Waals surface area contributed by atoms with E-state index in [0.29, 0.717) is 42.9 Å². The van der Waals surface area contributed by atoms with Crippen molar-refractivity contribution in [2.45, 2.75) is 32.6 Å². The monoisotopic (exact) mass is 528 g/mol. The summed E-state index contributed by atoms with van der Waals surface area (Å²) in [6, 6.07) is 3.65. The Morgan fingerprint density at radius 3 is 2.00 bits per heavy atom. The van der Waals surface area contributed by atoms with Crippen LogP contribution < -0.4 is 14.2 Å². The molecule has 4 bridgehead atoms. The number of benzene rings is 1. The third-order valence-electron chi connectivity index (χ3n) is 11.3. The number of ether oxygens (including phenoxy) is 3. The number of hydrogen-bond donors (Lipinski definition) is 0. The zero-order valence-electron chi connectivity index (χ0n) is 22.6. The first-order valence-electron chi connectivity index (χ1n) is 13.7. The number of carbonyl (C=O) groups is 4. The number of fused-ring (bicyclic) bond motifs is 9. The molecule has 1 aromatic carbocycles. The van der Waals surface area contributed by atoms with Crippen LogP contribution in [0.4, 0.5) is 0 Å². The van der Waals surface area contributed by atoms with Crippen molar-refractivity contribution in [1.82, 2.24) is 0 Å². The van der Waals surface area contributed by atoms with Gasteiger partial charge < -0.3 is 14.2 Å². The van der Waals surface area contributed by atoms with Crippen LogP contribution >= 0.6 is 0 Å². The highest BCUT2D eigenvalue weighted by atomic mass is 16.5. The van der Waals surface area contributed by atoms with E-state index in [1.165, 1.54) is 24.3 Å². The molecular weight excluding hydrogens is 496 g/mol. The second-order valence-corrected chi connectivity index (χ2v) is 12.4. The van der Waals surface area contributed by atoms with Crippen LogP contribution in [0.25, 0.3) is 0 Å². The SMILES string of the molecule is COc1cc(OC)c(CC[C@]23C[C@](C)([C@H]4C(=O)C=CC(=O)[C@H]42)[C@]24C[C@H](C=C32)[C@@H]2C(=O)C=CC(=O)C24)c(OC)c1. The average molecular weight is 529 g/mol. The number of carbonyl (C=O) groups excluding carboxylic acids is 4. The van der Waals surface area contributed by atoms with Gasteiger partial charge in [-0.3, -0.25) is 19.2 Å². The number of methoxy groups -OCH3 is 3. The van der Waals surface area contributed by atoms with Gasteiger partial charge in [0.2, 0.25) is 0 Å². The molecule has 1 spiro atoms. The molecular formula is C32H32O7. The fourth-order valence-electron chi connectivity index (χ4n) is 10.3. The Kier molecular flexibility index (Phi) is 4.91. The van der Waals surface area contributed by atoms with E-state index in [1.807, 2.05) is 12.1 Å². The first-order valence-corrected chi connectivity index (χ1v) is 13.7. The van der Waals surface area contributed by atoms with Gasteiger partial charge in [0, 0.05) is 52.2 Å². The summed E-state index contributed by atoms with van der Waals surface area (Å²) in [6.45, 7) is 2.12. The summed E-state index contributed by atoms with van der Waals surface area (Å²) in [7, 11) is 4.80. The summed E-state index contributed by atoms with van der Waals surface area (Å²) >= 11 is 0. The smallest absolute Gasteiger partial charge is 0.160 e. The highest BCUT2D eigenvalue weighted by Crippen LogP contribution is 2.86.